The van der Waals surface area contributed by atoms with E-state index in [1.165, 1.54) is 44.1 Å². The van der Waals surface area contributed by atoms with Gasteiger partial charge in [-0.05, 0) is 80.6 Å². The smallest absolute Gasteiger partial charge is 0.257 e. The number of rotatable bonds is 3. The summed E-state index contributed by atoms with van der Waals surface area (Å²) >= 11 is 1.34. The Morgan fingerprint density at radius 3 is 2.77 bits per heavy atom. The summed E-state index contributed by atoms with van der Waals surface area (Å²) in [6.07, 6.45) is 4.82. The number of thioether (sulfide) groups is 1. The zero-order chi connectivity index (χ0) is 21.6. The minimum Gasteiger partial charge on any atom is -0.338 e. The van der Waals surface area contributed by atoms with E-state index in [0.29, 0.717) is 23.2 Å². The van der Waals surface area contributed by atoms with Crippen LogP contribution in [0.4, 0.5) is 5.69 Å². The fourth-order valence-electron chi connectivity index (χ4n) is 5.05. The van der Waals surface area contributed by atoms with E-state index < -0.39 is 10.0 Å². The lowest BCUT2D eigenvalue weighted by atomic mass is 9.94. The zero-order valence-electron chi connectivity index (χ0n) is 18.0. The summed E-state index contributed by atoms with van der Waals surface area (Å²) in [6.45, 7) is 7.86. The number of amides is 1. The van der Waals surface area contributed by atoms with Crippen molar-refractivity contribution in [2.24, 2.45) is 16.2 Å². The van der Waals surface area contributed by atoms with E-state index in [1.54, 1.807) is 0 Å². The van der Waals surface area contributed by atoms with Gasteiger partial charge in [-0.15, -0.1) is 4.40 Å². The quantitative estimate of drug-likeness (QED) is 0.688. The lowest BCUT2D eigenvalue weighted by Gasteiger charge is -2.38. The summed E-state index contributed by atoms with van der Waals surface area (Å²) in [5.74, 6) is 1.50. The number of likely N-dealkylation sites (tertiary alicyclic amines) is 2. The molecular formula is C22H30N4O3S2. The van der Waals surface area contributed by atoms with Crippen molar-refractivity contribution in [3.8, 4) is 0 Å². The molecule has 2 saturated heterocycles. The maximum atomic E-state index is 13.3. The van der Waals surface area contributed by atoms with Crippen molar-refractivity contribution < 1.29 is 13.2 Å². The molecule has 7 nitrogen and oxygen atoms in total. The van der Waals surface area contributed by atoms with Gasteiger partial charge in [0.2, 0.25) is 0 Å². The normalized spacial score (nSPS) is 26.4. The van der Waals surface area contributed by atoms with Crippen LogP contribution in [0.25, 0.3) is 0 Å². The van der Waals surface area contributed by atoms with E-state index in [-0.39, 0.29) is 11.7 Å². The molecule has 31 heavy (non-hydrogen) atoms. The first-order chi connectivity index (χ1) is 14.9. The molecular weight excluding hydrogens is 432 g/mol. The van der Waals surface area contributed by atoms with Crippen LogP contribution in [0.3, 0.4) is 0 Å². The van der Waals surface area contributed by atoms with Crippen LogP contribution in [0, 0.1) is 11.8 Å². The second kappa shape index (κ2) is 8.41. The minimum absolute atomic E-state index is 0.0300. The molecule has 4 aliphatic rings. The fraction of sp³-hybridized carbons (Fsp3) is 0.636. The van der Waals surface area contributed by atoms with Gasteiger partial charge in [-0.25, -0.2) is 8.42 Å². The van der Waals surface area contributed by atoms with Crippen LogP contribution < -0.4 is 4.90 Å². The van der Waals surface area contributed by atoms with Crippen LogP contribution in [-0.4, -0.2) is 74.3 Å². The molecule has 0 N–H and O–H groups in total. The van der Waals surface area contributed by atoms with Gasteiger partial charge >= 0.3 is 0 Å². The Morgan fingerprint density at radius 2 is 1.97 bits per heavy atom. The summed E-state index contributed by atoms with van der Waals surface area (Å²) in [7, 11) is -3.37. The Balaban J connectivity index is 1.26. The summed E-state index contributed by atoms with van der Waals surface area (Å²) < 4.78 is 27.6. The third kappa shape index (κ3) is 4.50. The minimum atomic E-state index is -3.37. The van der Waals surface area contributed by atoms with Crippen LogP contribution >= 0.6 is 11.8 Å². The second-order valence-corrected chi connectivity index (χ2v) is 12.1. The zero-order valence-corrected chi connectivity index (χ0v) is 19.6. The lowest BCUT2D eigenvalue weighted by Crippen LogP contribution is -2.45. The number of benzene rings is 1. The van der Waals surface area contributed by atoms with Crippen LogP contribution in [0.5, 0.6) is 0 Å². The maximum absolute atomic E-state index is 13.3. The number of carbonyl (C=O) groups excluding carboxylic acids is 1. The van der Waals surface area contributed by atoms with Crippen LogP contribution in [-0.2, 0) is 10.0 Å². The summed E-state index contributed by atoms with van der Waals surface area (Å²) in [4.78, 5) is 20.7. The van der Waals surface area contributed by atoms with Gasteiger partial charge in [0.15, 0.2) is 5.17 Å². The van der Waals surface area contributed by atoms with Crippen molar-refractivity contribution >= 4 is 38.5 Å². The molecule has 0 radical (unpaired) electrons. The largest absolute Gasteiger partial charge is 0.338 e. The van der Waals surface area contributed by atoms with Gasteiger partial charge < -0.3 is 14.7 Å². The average molecular weight is 463 g/mol. The fourth-order valence-corrected chi connectivity index (χ4v) is 7.35. The predicted molar refractivity (Wildman–Crippen MR) is 124 cm³/mol. The first-order valence-corrected chi connectivity index (χ1v) is 13.7. The molecule has 1 aromatic rings. The Morgan fingerprint density at radius 1 is 1.16 bits per heavy atom. The SMILES string of the molecule is CC1CCN(CC2CCCN(C(=O)c3ccc4c(c3)SC3=NS(=O)(=O)CCN34)C2)CC1. The molecule has 0 spiro atoms. The van der Waals surface area contributed by atoms with E-state index in [4.69, 9.17) is 0 Å². The van der Waals surface area contributed by atoms with Gasteiger partial charge in [0.1, 0.15) is 0 Å². The number of amidine groups is 1. The van der Waals surface area contributed by atoms with E-state index in [2.05, 4.69) is 16.2 Å². The van der Waals surface area contributed by atoms with Gasteiger partial charge in [-0.3, -0.25) is 4.79 Å². The topological polar surface area (TPSA) is 73.3 Å². The molecule has 4 heterocycles. The first-order valence-electron chi connectivity index (χ1n) is 11.3. The highest BCUT2D eigenvalue weighted by Gasteiger charge is 2.34. The maximum Gasteiger partial charge on any atom is 0.257 e. The Hall–Kier alpha value is -1.58. The number of hydrogen-bond donors (Lipinski definition) is 0. The summed E-state index contributed by atoms with van der Waals surface area (Å²) in [5, 5.41) is 0.500. The predicted octanol–water partition coefficient (Wildman–Crippen LogP) is 2.88. The van der Waals surface area contributed by atoms with Crippen LogP contribution in [0.15, 0.2) is 27.5 Å². The Kier molecular flexibility index (Phi) is 5.77. The van der Waals surface area contributed by atoms with Gasteiger partial charge in [0.05, 0.1) is 11.4 Å². The number of nitrogens with zero attached hydrogens (tertiary/aromatic N) is 4. The van der Waals surface area contributed by atoms with Crippen molar-refractivity contribution in [1.82, 2.24) is 9.80 Å². The number of fused-ring (bicyclic) bond motifs is 3. The highest BCUT2D eigenvalue weighted by atomic mass is 32.2. The number of piperidine rings is 2. The van der Waals surface area contributed by atoms with Gasteiger partial charge in [0, 0.05) is 36.6 Å². The first kappa shape index (κ1) is 21.3. The van der Waals surface area contributed by atoms with E-state index >= 15 is 0 Å². The van der Waals surface area contributed by atoms with Crippen LogP contribution in [0.1, 0.15) is 43.0 Å². The highest BCUT2D eigenvalue weighted by Crippen LogP contribution is 2.42. The molecule has 5 rings (SSSR count). The molecule has 1 aromatic carbocycles. The molecule has 1 atom stereocenters. The number of carbonyl (C=O) groups is 1. The molecule has 9 heteroatoms. The van der Waals surface area contributed by atoms with Gasteiger partial charge in [-0.2, -0.15) is 0 Å². The Bertz CT molecular complexity index is 1000. The highest BCUT2D eigenvalue weighted by molar-refractivity contribution is 8.15. The monoisotopic (exact) mass is 462 g/mol. The van der Waals surface area contributed by atoms with Crippen molar-refractivity contribution in [3.05, 3.63) is 23.8 Å². The third-order valence-corrected chi connectivity index (χ3v) is 9.22. The standard InChI is InChI=1S/C22H30N4O3S2/c1-16-6-9-24(10-7-16)14-17-3-2-8-25(15-17)21(27)18-4-5-19-20(13-18)30-22-23-31(28,29)12-11-26(19)22/h4-5,13,16-17H,2-3,6-12,14-15H2,1H3. The van der Waals surface area contributed by atoms with Crippen molar-refractivity contribution in [1.29, 1.82) is 0 Å². The third-order valence-electron chi connectivity index (χ3n) is 6.92. The molecule has 0 aromatic heterocycles. The molecule has 168 valence electrons. The Labute approximate surface area is 188 Å². The van der Waals surface area contributed by atoms with Crippen LogP contribution in [0.2, 0.25) is 0 Å². The van der Waals surface area contributed by atoms with Crippen molar-refractivity contribution in [2.75, 3.05) is 49.9 Å². The lowest BCUT2D eigenvalue weighted by molar-refractivity contribution is 0.0622. The molecule has 0 saturated carbocycles. The van der Waals surface area contributed by atoms with Gasteiger partial charge in [-0.1, -0.05) is 6.92 Å². The average Bonchev–Trinajstić information content (AvgIpc) is 3.10. The van der Waals surface area contributed by atoms with Crippen molar-refractivity contribution in [2.45, 2.75) is 37.5 Å². The van der Waals surface area contributed by atoms with Gasteiger partial charge in [0.25, 0.3) is 15.9 Å². The van der Waals surface area contributed by atoms with E-state index in [1.807, 2.05) is 28.0 Å². The molecule has 0 aliphatic carbocycles. The second-order valence-electron chi connectivity index (χ2n) is 9.34. The van der Waals surface area contributed by atoms with E-state index in [9.17, 15) is 13.2 Å². The molecule has 1 unspecified atom stereocenters. The molecule has 2 fully saturated rings. The van der Waals surface area contributed by atoms with Crippen molar-refractivity contribution in [3.63, 3.8) is 0 Å². The summed E-state index contributed by atoms with van der Waals surface area (Å²) in [6, 6.07) is 5.72. The molecule has 4 aliphatic heterocycles. The number of anilines is 1. The summed E-state index contributed by atoms with van der Waals surface area (Å²) in [5.41, 5.74) is 1.63. The molecule has 1 amide bonds. The van der Waals surface area contributed by atoms with E-state index in [0.717, 1.165) is 42.6 Å². The number of hydrogen-bond acceptors (Lipinski definition) is 6. The molecule has 0 bridgehead atoms. The number of sulfonamides is 1.